The predicted octanol–water partition coefficient (Wildman–Crippen LogP) is 4.75. The van der Waals surface area contributed by atoms with Gasteiger partial charge in [-0.05, 0) is 44.5 Å². The van der Waals surface area contributed by atoms with Crippen molar-refractivity contribution in [2.24, 2.45) is 0 Å². The summed E-state index contributed by atoms with van der Waals surface area (Å²) in [5.41, 5.74) is 3.86. The Morgan fingerprint density at radius 1 is 1.12 bits per heavy atom. The molecular formula is C18H16Cl2N4O. The highest BCUT2D eigenvalue weighted by molar-refractivity contribution is 6.33. The van der Waals surface area contributed by atoms with E-state index in [0.29, 0.717) is 22.1 Å². The van der Waals surface area contributed by atoms with Gasteiger partial charge in [0.25, 0.3) is 5.91 Å². The number of para-hydroxylation sites is 1. The molecule has 5 nitrogen and oxygen atoms in total. The summed E-state index contributed by atoms with van der Waals surface area (Å²) in [4.78, 5) is 16.8. The fourth-order valence-corrected chi connectivity index (χ4v) is 3.11. The number of nitrogens with zero attached hydrogens (tertiary/aromatic N) is 3. The normalized spacial score (nSPS) is 10.8. The Morgan fingerprint density at radius 3 is 2.52 bits per heavy atom. The Hall–Kier alpha value is -2.37. The molecule has 1 aromatic carbocycles. The Bertz CT molecular complexity index is 942. The highest BCUT2D eigenvalue weighted by Crippen LogP contribution is 2.26. The van der Waals surface area contributed by atoms with E-state index in [9.17, 15) is 4.79 Å². The molecule has 0 saturated heterocycles. The summed E-state index contributed by atoms with van der Waals surface area (Å²) < 4.78 is 1.59. The molecule has 1 amide bonds. The van der Waals surface area contributed by atoms with Crippen LogP contribution in [0.2, 0.25) is 10.2 Å². The van der Waals surface area contributed by atoms with Gasteiger partial charge in [0, 0.05) is 17.5 Å². The lowest BCUT2D eigenvalue weighted by Crippen LogP contribution is -2.16. The minimum absolute atomic E-state index is 0.258. The third-order valence-electron chi connectivity index (χ3n) is 3.75. The molecule has 0 bridgehead atoms. The maximum atomic E-state index is 12.6. The summed E-state index contributed by atoms with van der Waals surface area (Å²) in [6.45, 7) is 5.53. The van der Waals surface area contributed by atoms with E-state index in [1.807, 2.05) is 45.0 Å². The van der Waals surface area contributed by atoms with Crippen LogP contribution in [0.1, 0.15) is 27.3 Å². The largest absolute Gasteiger partial charge is 0.318 e. The van der Waals surface area contributed by atoms with Crippen LogP contribution in [0, 0.1) is 20.8 Å². The summed E-state index contributed by atoms with van der Waals surface area (Å²) in [6.07, 6.45) is 1.76. The van der Waals surface area contributed by atoms with E-state index in [2.05, 4.69) is 15.4 Å². The number of aryl methyl sites for hydroxylation is 3. The molecular weight excluding hydrogens is 359 g/mol. The molecule has 0 aliphatic heterocycles. The lowest BCUT2D eigenvalue weighted by Gasteiger charge is -2.10. The average Bonchev–Trinajstić information content (AvgIpc) is 2.93. The van der Waals surface area contributed by atoms with Crippen LogP contribution in [-0.4, -0.2) is 20.7 Å². The van der Waals surface area contributed by atoms with Crippen molar-refractivity contribution in [2.45, 2.75) is 20.8 Å². The third-order valence-corrected chi connectivity index (χ3v) is 4.34. The van der Waals surface area contributed by atoms with Gasteiger partial charge < -0.3 is 5.32 Å². The van der Waals surface area contributed by atoms with Gasteiger partial charge in [-0.2, -0.15) is 5.10 Å². The van der Waals surface area contributed by atoms with E-state index >= 15 is 0 Å². The standard InChI is InChI=1S/C18H16Cl2N4O/c1-10-8-12(3)21-17(20)15(10)22-18(25)16-11(2)9-24(23-16)14-7-5-4-6-13(14)19/h4-9H,1-3H3,(H,22,25). The molecule has 3 rings (SSSR count). The Labute approximate surface area is 155 Å². The summed E-state index contributed by atoms with van der Waals surface area (Å²) in [7, 11) is 0. The van der Waals surface area contributed by atoms with E-state index in [0.717, 1.165) is 16.8 Å². The monoisotopic (exact) mass is 374 g/mol. The molecule has 3 aromatic rings. The molecule has 2 aromatic heterocycles. The molecule has 0 radical (unpaired) electrons. The molecule has 0 atom stereocenters. The van der Waals surface area contributed by atoms with Crippen LogP contribution in [0.4, 0.5) is 5.69 Å². The summed E-state index contributed by atoms with van der Waals surface area (Å²) in [6, 6.07) is 9.16. The summed E-state index contributed by atoms with van der Waals surface area (Å²) in [5, 5.41) is 7.98. The van der Waals surface area contributed by atoms with Crippen LogP contribution in [-0.2, 0) is 0 Å². The molecule has 0 aliphatic carbocycles. The van der Waals surface area contributed by atoms with E-state index in [1.165, 1.54) is 0 Å². The van der Waals surface area contributed by atoms with Crippen LogP contribution in [0.3, 0.4) is 0 Å². The first-order valence-corrected chi connectivity index (χ1v) is 8.38. The molecule has 0 unspecified atom stereocenters. The lowest BCUT2D eigenvalue weighted by molar-refractivity contribution is 0.102. The number of pyridine rings is 1. The summed E-state index contributed by atoms with van der Waals surface area (Å²) in [5.74, 6) is -0.348. The number of carbonyl (C=O) groups excluding carboxylic acids is 1. The van der Waals surface area contributed by atoms with E-state index in [1.54, 1.807) is 16.9 Å². The number of hydrogen-bond acceptors (Lipinski definition) is 3. The first kappa shape index (κ1) is 17.5. The van der Waals surface area contributed by atoms with Crippen molar-refractivity contribution in [3.63, 3.8) is 0 Å². The fraction of sp³-hybridized carbons (Fsp3) is 0.167. The smallest absolute Gasteiger partial charge is 0.276 e. The molecule has 1 N–H and O–H groups in total. The van der Waals surface area contributed by atoms with Crippen LogP contribution >= 0.6 is 23.2 Å². The maximum absolute atomic E-state index is 12.6. The number of rotatable bonds is 3. The first-order valence-electron chi connectivity index (χ1n) is 7.63. The van der Waals surface area contributed by atoms with Crippen LogP contribution in [0.25, 0.3) is 5.69 Å². The molecule has 7 heteroatoms. The van der Waals surface area contributed by atoms with Gasteiger partial charge in [0.05, 0.1) is 16.4 Å². The highest BCUT2D eigenvalue weighted by Gasteiger charge is 2.18. The molecule has 2 heterocycles. The van der Waals surface area contributed by atoms with Gasteiger partial charge in [0.2, 0.25) is 0 Å². The SMILES string of the molecule is Cc1cc(C)c(NC(=O)c2nn(-c3ccccc3Cl)cc2C)c(Cl)n1. The van der Waals surface area contributed by atoms with Crippen molar-refractivity contribution < 1.29 is 4.79 Å². The minimum Gasteiger partial charge on any atom is -0.318 e. The van der Waals surface area contributed by atoms with Crippen LogP contribution in [0.5, 0.6) is 0 Å². The first-order chi connectivity index (χ1) is 11.9. The average molecular weight is 375 g/mol. The second kappa shape index (κ2) is 6.86. The van der Waals surface area contributed by atoms with Crippen molar-refractivity contribution in [1.82, 2.24) is 14.8 Å². The number of amides is 1. The maximum Gasteiger partial charge on any atom is 0.276 e. The second-order valence-corrected chi connectivity index (χ2v) is 6.52. The van der Waals surface area contributed by atoms with Crippen molar-refractivity contribution in [3.8, 4) is 5.69 Å². The Balaban J connectivity index is 1.93. The number of carbonyl (C=O) groups is 1. The fourth-order valence-electron chi connectivity index (χ4n) is 2.56. The molecule has 0 saturated carbocycles. The summed E-state index contributed by atoms with van der Waals surface area (Å²) >= 11 is 12.4. The molecule has 0 aliphatic rings. The van der Waals surface area contributed by atoms with Gasteiger partial charge in [0.1, 0.15) is 0 Å². The van der Waals surface area contributed by atoms with Crippen molar-refractivity contribution >= 4 is 34.8 Å². The molecule has 0 spiro atoms. The van der Waals surface area contributed by atoms with Crippen LogP contribution < -0.4 is 5.32 Å². The van der Waals surface area contributed by atoms with E-state index in [4.69, 9.17) is 23.2 Å². The second-order valence-electron chi connectivity index (χ2n) is 5.76. The molecule has 0 fully saturated rings. The number of aromatic nitrogens is 3. The quantitative estimate of drug-likeness (QED) is 0.672. The molecule has 25 heavy (non-hydrogen) atoms. The Kier molecular flexibility index (Phi) is 4.79. The number of anilines is 1. The van der Waals surface area contributed by atoms with Gasteiger partial charge >= 0.3 is 0 Å². The van der Waals surface area contributed by atoms with Gasteiger partial charge in [-0.3, -0.25) is 4.79 Å². The number of hydrogen-bond donors (Lipinski definition) is 1. The minimum atomic E-state index is -0.348. The van der Waals surface area contributed by atoms with Gasteiger partial charge in [-0.15, -0.1) is 0 Å². The van der Waals surface area contributed by atoms with E-state index < -0.39 is 0 Å². The zero-order valence-corrected chi connectivity index (χ0v) is 15.5. The predicted molar refractivity (Wildman–Crippen MR) is 100.0 cm³/mol. The van der Waals surface area contributed by atoms with Gasteiger partial charge in [-0.1, -0.05) is 35.3 Å². The Morgan fingerprint density at radius 2 is 1.84 bits per heavy atom. The zero-order valence-electron chi connectivity index (χ0n) is 14.0. The number of nitrogens with one attached hydrogen (secondary N) is 1. The molecule has 128 valence electrons. The van der Waals surface area contributed by atoms with Crippen molar-refractivity contribution in [3.05, 3.63) is 69.2 Å². The lowest BCUT2D eigenvalue weighted by atomic mass is 10.2. The van der Waals surface area contributed by atoms with Gasteiger partial charge in [-0.25, -0.2) is 9.67 Å². The van der Waals surface area contributed by atoms with E-state index in [-0.39, 0.29) is 11.1 Å². The highest BCUT2D eigenvalue weighted by atomic mass is 35.5. The number of halogens is 2. The van der Waals surface area contributed by atoms with Crippen molar-refractivity contribution in [2.75, 3.05) is 5.32 Å². The van der Waals surface area contributed by atoms with Gasteiger partial charge in [0.15, 0.2) is 10.8 Å². The zero-order chi connectivity index (χ0) is 18.1. The topological polar surface area (TPSA) is 59.8 Å². The van der Waals surface area contributed by atoms with Crippen LogP contribution in [0.15, 0.2) is 36.5 Å². The third kappa shape index (κ3) is 3.52. The van der Waals surface area contributed by atoms with Crippen molar-refractivity contribution in [1.29, 1.82) is 0 Å². The number of benzene rings is 1.